The van der Waals surface area contributed by atoms with Gasteiger partial charge in [0.05, 0.1) is 29.3 Å². The molecule has 1 aromatic heterocycles. The molecule has 0 saturated carbocycles. The van der Waals surface area contributed by atoms with Crippen molar-refractivity contribution < 1.29 is 9.50 Å². The van der Waals surface area contributed by atoms with Gasteiger partial charge in [-0.2, -0.15) is 0 Å². The van der Waals surface area contributed by atoms with Crippen molar-refractivity contribution in [2.24, 2.45) is 7.05 Å². The number of benzene rings is 1. The molecule has 0 bridgehead atoms. The molecule has 1 unspecified atom stereocenters. The van der Waals surface area contributed by atoms with Crippen molar-refractivity contribution in [3.05, 3.63) is 52.8 Å². The molecule has 0 aliphatic carbocycles. The first-order valence-corrected chi connectivity index (χ1v) is 5.54. The maximum atomic E-state index is 13.6. The Morgan fingerprint density at radius 2 is 2.29 bits per heavy atom. The first-order chi connectivity index (χ1) is 8.09. The smallest absolute Gasteiger partial charge is 0.145 e. The zero-order chi connectivity index (χ0) is 12.4. The van der Waals surface area contributed by atoms with Crippen LogP contribution in [0.25, 0.3) is 0 Å². The molecule has 0 fully saturated rings. The van der Waals surface area contributed by atoms with E-state index in [1.54, 1.807) is 36.3 Å². The highest BCUT2D eigenvalue weighted by molar-refractivity contribution is 6.30. The molecule has 0 aliphatic heterocycles. The van der Waals surface area contributed by atoms with Crippen LogP contribution in [0.3, 0.4) is 0 Å². The van der Waals surface area contributed by atoms with Crippen molar-refractivity contribution in [2.75, 3.05) is 0 Å². The van der Waals surface area contributed by atoms with E-state index in [-0.39, 0.29) is 11.4 Å². The molecule has 5 heteroatoms. The molecule has 17 heavy (non-hydrogen) atoms. The van der Waals surface area contributed by atoms with Gasteiger partial charge < -0.3 is 9.67 Å². The monoisotopic (exact) mass is 254 g/mol. The van der Waals surface area contributed by atoms with Gasteiger partial charge in [-0.3, -0.25) is 0 Å². The van der Waals surface area contributed by atoms with Gasteiger partial charge in [0.25, 0.3) is 0 Å². The molecule has 1 atom stereocenters. The van der Waals surface area contributed by atoms with Crippen LogP contribution in [0.15, 0.2) is 30.7 Å². The topological polar surface area (TPSA) is 38.0 Å². The molecule has 2 aromatic rings. The van der Waals surface area contributed by atoms with Crippen LogP contribution in [0.2, 0.25) is 5.02 Å². The van der Waals surface area contributed by atoms with Crippen molar-refractivity contribution in [2.45, 2.75) is 12.5 Å². The van der Waals surface area contributed by atoms with Crippen LogP contribution in [-0.2, 0) is 13.5 Å². The van der Waals surface area contributed by atoms with Crippen molar-refractivity contribution in [1.29, 1.82) is 0 Å². The molecule has 0 radical (unpaired) electrons. The summed E-state index contributed by atoms with van der Waals surface area (Å²) in [5.41, 5.74) is 1.04. The van der Waals surface area contributed by atoms with Crippen LogP contribution >= 0.6 is 11.6 Å². The number of aliphatic hydroxyl groups is 1. The van der Waals surface area contributed by atoms with Gasteiger partial charge in [0.1, 0.15) is 5.82 Å². The second kappa shape index (κ2) is 4.85. The van der Waals surface area contributed by atoms with Gasteiger partial charge >= 0.3 is 0 Å². The second-order valence-electron chi connectivity index (χ2n) is 3.86. The molecular weight excluding hydrogens is 243 g/mol. The number of aryl methyl sites for hydroxylation is 1. The zero-order valence-electron chi connectivity index (χ0n) is 9.27. The highest BCUT2D eigenvalue weighted by Crippen LogP contribution is 2.23. The fourth-order valence-corrected chi connectivity index (χ4v) is 1.90. The molecular formula is C12H12ClFN2O. The van der Waals surface area contributed by atoms with Crippen LogP contribution < -0.4 is 0 Å². The van der Waals surface area contributed by atoms with Gasteiger partial charge in [-0.05, 0) is 11.6 Å². The maximum absolute atomic E-state index is 13.6. The predicted octanol–water partition coefficient (Wildman–Crippen LogP) is 2.49. The molecule has 90 valence electrons. The lowest BCUT2D eigenvalue weighted by Gasteiger charge is -2.12. The average molecular weight is 255 g/mol. The maximum Gasteiger partial charge on any atom is 0.145 e. The summed E-state index contributed by atoms with van der Waals surface area (Å²) in [7, 11) is 1.78. The summed E-state index contributed by atoms with van der Waals surface area (Å²) in [6.07, 6.45) is 2.53. The van der Waals surface area contributed by atoms with Crippen molar-refractivity contribution in [3.63, 3.8) is 0 Å². The fourth-order valence-electron chi connectivity index (χ4n) is 1.71. The van der Waals surface area contributed by atoms with E-state index in [0.29, 0.717) is 11.3 Å². The number of aromatic nitrogens is 2. The van der Waals surface area contributed by atoms with Gasteiger partial charge in [0, 0.05) is 13.5 Å². The van der Waals surface area contributed by atoms with Gasteiger partial charge in [0.15, 0.2) is 0 Å². The Morgan fingerprint density at radius 3 is 2.94 bits per heavy atom. The van der Waals surface area contributed by atoms with Gasteiger partial charge in [0.2, 0.25) is 0 Å². The number of nitrogens with zero attached hydrogens (tertiary/aromatic N) is 2. The molecule has 2 rings (SSSR count). The first kappa shape index (κ1) is 12.1. The largest absolute Gasteiger partial charge is 0.386 e. The van der Waals surface area contributed by atoms with Gasteiger partial charge in [-0.1, -0.05) is 23.7 Å². The van der Waals surface area contributed by atoms with Crippen LogP contribution in [0.1, 0.15) is 17.4 Å². The zero-order valence-corrected chi connectivity index (χ0v) is 10.0. The summed E-state index contributed by atoms with van der Waals surface area (Å²) in [5, 5.41) is 10.1. The Hall–Kier alpha value is -1.39. The Balaban J connectivity index is 2.22. The highest BCUT2D eigenvalue weighted by atomic mass is 35.5. The minimum Gasteiger partial charge on any atom is -0.386 e. The molecule has 0 saturated heterocycles. The Kier molecular flexibility index (Phi) is 3.45. The lowest BCUT2D eigenvalue weighted by molar-refractivity contribution is 0.169. The normalized spacial score (nSPS) is 12.7. The molecule has 1 N–H and O–H groups in total. The van der Waals surface area contributed by atoms with Crippen molar-refractivity contribution in [3.8, 4) is 0 Å². The van der Waals surface area contributed by atoms with E-state index in [4.69, 9.17) is 11.6 Å². The van der Waals surface area contributed by atoms with E-state index in [1.807, 2.05) is 0 Å². The predicted molar refractivity (Wildman–Crippen MR) is 63.3 cm³/mol. The lowest BCUT2D eigenvalue weighted by Crippen LogP contribution is -2.07. The van der Waals surface area contributed by atoms with Gasteiger partial charge in [-0.15, -0.1) is 0 Å². The molecule has 1 heterocycles. The van der Waals surface area contributed by atoms with Crippen LogP contribution in [0, 0.1) is 5.82 Å². The lowest BCUT2D eigenvalue weighted by atomic mass is 10.1. The minimum atomic E-state index is -0.796. The standard InChI is InChI=1S/C12H12ClFN2O/c1-16-7-15-6-10(16)11(17)5-8-3-2-4-9(13)12(8)14/h2-4,6-7,11,17H,5H2,1H3. The molecule has 1 aromatic carbocycles. The van der Waals surface area contributed by atoms with Gasteiger partial charge in [-0.25, -0.2) is 9.37 Å². The van der Waals surface area contributed by atoms with E-state index < -0.39 is 11.9 Å². The summed E-state index contributed by atoms with van der Waals surface area (Å²) in [4.78, 5) is 3.91. The van der Waals surface area contributed by atoms with E-state index in [2.05, 4.69) is 4.98 Å². The average Bonchev–Trinajstić information content (AvgIpc) is 2.71. The third-order valence-electron chi connectivity index (χ3n) is 2.64. The summed E-state index contributed by atoms with van der Waals surface area (Å²) < 4.78 is 15.3. The summed E-state index contributed by atoms with van der Waals surface area (Å²) in [5.74, 6) is -0.476. The minimum absolute atomic E-state index is 0.0692. The number of aliphatic hydroxyl groups excluding tert-OH is 1. The second-order valence-corrected chi connectivity index (χ2v) is 4.27. The number of halogens is 2. The molecule has 3 nitrogen and oxygen atoms in total. The number of hydrogen-bond donors (Lipinski definition) is 1. The van der Waals surface area contributed by atoms with E-state index in [9.17, 15) is 9.50 Å². The summed E-state index contributed by atoms with van der Waals surface area (Å²) in [6, 6.07) is 4.76. The van der Waals surface area contributed by atoms with E-state index >= 15 is 0 Å². The van der Waals surface area contributed by atoms with Crippen molar-refractivity contribution >= 4 is 11.6 Å². The van der Waals surface area contributed by atoms with Crippen LogP contribution in [0.4, 0.5) is 4.39 Å². The number of imidazole rings is 1. The third kappa shape index (κ3) is 2.48. The Labute approximate surface area is 103 Å². The van der Waals surface area contributed by atoms with Crippen molar-refractivity contribution in [1.82, 2.24) is 9.55 Å². The first-order valence-electron chi connectivity index (χ1n) is 5.16. The Bertz CT molecular complexity index is 527. The van der Waals surface area contributed by atoms with E-state index in [1.165, 1.54) is 6.07 Å². The van der Waals surface area contributed by atoms with Crippen LogP contribution in [-0.4, -0.2) is 14.7 Å². The highest BCUT2D eigenvalue weighted by Gasteiger charge is 2.15. The Morgan fingerprint density at radius 1 is 1.53 bits per heavy atom. The van der Waals surface area contributed by atoms with Crippen LogP contribution in [0.5, 0.6) is 0 Å². The fraction of sp³-hybridized carbons (Fsp3) is 0.250. The van der Waals surface area contributed by atoms with E-state index in [0.717, 1.165) is 0 Å². The molecule has 0 aliphatic rings. The number of rotatable bonds is 3. The third-order valence-corrected chi connectivity index (χ3v) is 2.93. The molecule has 0 amide bonds. The summed E-state index contributed by atoms with van der Waals surface area (Å²) >= 11 is 5.68. The summed E-state index contributed by atoms with van der Waals surface area (Å²) in [6.45, 7) is 0. The molecule has 0 spiro atoms. The SMILES string of the molecule is Cn1cncc1C(O)Cc1cccc(Cl)c1F. The number of hydrogen-bond acceptors (Lipinski definition) is 2. The quantitative estimate of drug-likeness (QED) is 0.914.